The Bertz CT molecular complexity index is 773. The number of rotatable bonds is 3. The Labute approximate surface area is 140 Å². The lowest BCUT2D eigenvalue weighted by Gasteiger charge is -2.52. The van der Waals surface area contributed by atoms with Gasteiger partial charge in [0.2, 0.25) is 0 Å². The van der Waals surface area contributed by atoms with Crippen LogP contribution in [0.3, 0.4) is 0 Å². The fourth-order valence-corrected chi connectivity index (χ4v) is 4.17. The van der Waals surface area contributed by atoms with E-state index in [1.807, 2.05) is 18.2 Å². The number of hydrogen-bond donors (Lipinski definition) is 0. The molecular weight excluding hydrogens is 304 g/mol. The van der Waals surface area contributed by atoms with Crippen LogP contribution in [0.5, 0.6) is 0 Å². The molecular formula is C19H18N2O3. The average molecular weight is 322 g/mol. The molecule has 2 saturated heterocycles. The van der Waals surface area contributed by atoms with Gasteiger partial charge in [-0.3, -0.25) is 14.9 Å². The SMILES string of the molecule is O=C1C[C@@H]2CC[C@H]1[C@H](c1ccc([N+](=O)[O-])cc1)N2c1ccccc1. The summed E-state index contributed by atoms with van der Waals surface area (Å²) >= 11 is 0. The fourth-order valence-electron chi connectivity index (χ4n) is 4.17. The lowest BCUT2D eigenvalue weighted by Crippen LogP contribution is -2.54. The van der Waals surface area contributed by atoms with Crippen molar-refractivity contribution >= 4 is 17.2 Å². The minimum absolute atomic E-state index is 0.0309. The van der Waals surface area contributed by atoms with Gasteiger partial charge in [-0.2, -0.15) is 0 Å². The van der Waals surface area contributed by atoms with Crippen LogP contribution in [0.2, 0.25) is 0 Å². The van der Waals surface area contributed by atoms with E-state index in [0.717, 1.165) is 24.1 Å². The van der Waals surface area contributed by atoms with E-state index >= 15 is 0 Å². The smallest absolute Gasteiger partial charge is 0.269 e. The van der Waals surface area contributed by atoms with Crippen molar-refractivity contribution in [2.45, 2.75) is 31.3 Å². The summed E-state index contributed by atoms with van der Waals surface area (Å²) in [5.74, 6) is 0.290. The molecule has 2 aliphatic heterocycles. The maximum Gasteiger partial charge on any atom is 0.269 e. The highest BCUT2D eigenvalue weighted by Gasteiger charge is 2.47. The van der Waals surface area contributed by atoms with Crippen molar-refractivity contribution in [3.63, 3.8) is 0 Å². The molecule has 0 aromatic heterocycles. The molecule has 3 aliphatic rings. The first-order valence-corrected chi connectivity index (χ1v) is 8.25. The van der Waals surface area contributed by atoms with Gasteiger partial charge in [0.25, 0.3) is 5.69 Å². The molecule has 122 valence electrons. The quantitative estimate of drug-likeness (QED) is 0.635. The molecule has 24 heavy (non-hydrogen) atoms. The van der Waals surface area contributed by atoms with Crippen molar-refractivity contribution in [1.29, 1.82) is 0 Å². The van der Waals surface area contributed by atoms with Crippen LogP contribution in [0.25, 0.3) is 0 Å². The van der Waals surface area contributed by atoms with Gasteiger partial charge in [-0.15, -0.1) is 0 Å². The van der Waals surface area contributed by atoms with Gasteiger partial charge in [0.05, 0.1) is 11.0 Å². The Hall–Kier alpha value is -2.69. The predicted octanol–water partition coefficient (Wildman–Crippen LogP) is 3.89. The van der Waals surface area contributed by atoms with Gasteiger partial charge in [0, 0.05) is 36.2 Å². The molecule has 2 aromatic rings. The molecule has 5 heteroatoms. The summed E-state index contributed by atoms with van der Waals surface area (Å²) in [7, 11) is 0. The topological polar surface area (TPSA) is 63.4 Å². The monoisotopic (exact) mass is 322 g/mol. The Kier molecular flexibility index (Phi) is 3.56. The Morgan fingerprint density at radius 2 is 1.71 bits per heavy atom. The van der Waals surface area contributed by atoms with Crippen molar-refractivity contribution in [2.24, 2.45) is 5.92 Å². The van der Waals surface area contributed by atoms with Crippen LogP contribution < -0.4 is 4.90 Å². The standard InChI is InChI=1S/C19H18N2O3/c22-18-12-16-10-11-17(18)19(20(16)14-4-2-1-3-5-14)13-6-8-15(9-7-13)21(23)24/h1-9,16-17,19H,10-12H2/t16-,17+,19-/m0/s1. The predicted molar refractivity (Wildman–Crippen MR) is 90.9 cm³/mol. The Balaban J connectivity index is 1.77. The first-order valence-electron chi connectivity index (χ1n) is 8.25. The number of non-ortho nitro benzene ring substituents is 1. The second-order valence-corrected chi connectivity index (χ2v) is 6.54. The number of nitro benzene ring substituents is 1. The van der Waals surface area contributed by atoms with Crippen molar-refractivity contribution in [3.05, 3.63) is 70.3 Å². The third kappa shape index (κ3) is 2.37. The van der Waals surface area contributed by atoms with Gasteiger partial charge in [-0.25, -0.2) is 0 Å². The van der Waals surface area contributed by atoms with Gasteiger partial charge in [-0.1, -0.05) is 30.3 Å². The Morgan fingerprint density at radius 3 is 2.33 bits per heavy atom. The third-order valence-corrected chi connectivity index (χ3v) is 5.24. The number of fused-ring (bicyclic) bond motifs is 3. The average Bonchev–Trinajstić information content (AvgIpc) is 2.62. The van der Waals surface area contributed by atoms with Gasteiger partial charge in [0.15, 0.2) is 0 Å². The van der Waals surface area contributed by atoms with Crippen molar-refractivity contribution in [2.75, 3.05) is 4.90 Å². The van der Waals surface area contributed by atoms with Crippen LogP contribution >= 0.6 is 0 Å². The van der Waals surface area contributed by atoms with Crippen LogP contribution in [0.15, 0.2) is 54.6 Å². The molecule has 2 heterocycles. The molecule has 0 unspecified atom stereocenters. The maximum absolute atomic E-state index is 12.5. The van der Waals surface area contributed by atoms with Crippen LogP contribution in [0.4, 0.5) is 11.4 Å². The lowest BCUT2D eigenvalue weighted by molar-refractivity contribution is -0.384. The normalized spacial score (nSPS) is 25.8. The Morgan fingerprint density at radius 1 is 1.00 bits per heavy atom. The third-order valence-electron chi connectivity index (χ3n) is 5.24. The molecule has 2 bridgehead atoms. The summed E-state index contributed by atoms with van der Waals surface area (Å²) in [6.45, 7) is 0. The minimum atomic E-state index is -0.392. The number of carbonyl (C=O) groups excluding carboxylic acids is 1. The second kappa shape index (κ2) is 5.74. The largest absolute Gasteiger partial charge is 0.360 e. The number of benzene rings is 2. The van der Waals surface area contributed by atoms with E-state index in [-0.39, 0.29) is 23.7 Å². The second-order valence-electron chi connectivity index (χ2n) is 6.54. The number of piperidine rings is 2. The number of nitrogens with zero attached hydrogens (tertiary/aromatic N) is 2. The van der Waals surface area contributed by atoms with E-state index in [4.69, 9.17) is 0 Å². The molecule has 2 aromatic carbocycles. The zero-order valence-electron chi connectivity index (χ0n) is 13.2. The summed E-state index contributed by atoms with van der Waals surface area (Å²) in [5.41, 5.74) is 2.17. The zero-order chi connectivity index (χ0) is 16.7. The molecule has 3 fully saturated rings. The summed E-state index contributed by atoms with van der Waals surface area (Å²) in [6, 6.07) is 17.0. The molecule has 0 N–H and O–H groups in total. The number of ketones is 1. The maximum atomic E-state index is 12.5. The van der Waals surface area contributed by atoms with Crippen molar-refractivity contribution in [1.82, 2.24) is 0 Å². The van der Waals surface area contributed by atoms with E-state index in [1.165, 1.54) is 12.1 Å². The summed E-state index contributed by atoms with van der Waals surface area (Å²) in [4.78, 5) is 25.3. The van der Waals surface area contributed by atoms with Crippen molar-refractivity contribution in [3.8, 4) is 0 Å². The highest BCUT2D eigenvalue weighted by atomic mass is 16.6. The van der Waals surface area contributed by atoms with Gasteiger partial charge in [0.1, 0.15) is 5.78 Å². The van der Waals surface area contributed by atoms with E-state index in [2.05, 4.69) is 17.0 Å². The fraction of sp³-hybridized carbons (Fsp3) is 0.316. The van der Waals surface area contributed by atoms with Gasteiger partial charge < -0.3 is 4.90 Å². The highest BCUT2D eigenvalue weighted by Crippen LogP contribution is 2.47. The molecule has 1 aliphatic carbocycles. The number of anilines is 1. The van der Waals surface area contributed by atoms with E-state index < -0.39 is 4.92 Å². The summed E-state index contributed by atoms with van der Waals surface area (Å²) < 4.78 is 0. The number of carbonyl (C=O) groups is 1. The van der Waals surface area contributed by atoms with Gasteiger partial charge >= 0.3 is 0 Å². The number of hydrogen-bond acceptors (Lipinski definition) is 4. The first kappa shape index (κ1) is 14.9. The number of Topliss-reactive ketones (excluding diaryl/α,β-unsaturated/α-hetero) is 1. The van der Waals surface area contributed by atoms with Crippen LogP contribution in [0, 0.1) is 16.0 Å². The van der Waals surface area contributed by atoms with Crippen LogP contribution in [-0.4, -0.2) is 16.7 Å². The molecule has 3 atom stereocenters. The van der Waals surface area contributed by atoms with Crippen molar-refractivity contribution < 1.29 is 9.72 Å². The van der Waals surface area contributed by atoms with E-state index in [9.17, 15) is 14.9 Å². The van der Waals surface area contributed by atoms with Crippen LogP contribution in [-0.2, 0) is 4.79 Å². The first-order chi connectivity index (χ1) is 11.6. The highest BCUT2D eigenvalue weighted by molar-refractivity contribution is 5.86. The molecule has 0 radical (unpaired) electrons. The molecule has 0 amide bonds. The molecule has 5 rings (SSSR count). The van der Waals surface area contributed by atoms with E-state index in [0.29, 0.717) is 12.2 Å². The summed E-state index contributed by atoms with van der Waals surface area (Å²) in [5, 5.41) is 10.9. The van der Waals surface area contributed by atoms with Crippen LogP contribution in [0.1, 0.15) is 30.9 Å². The molecule has 1 saturated carbocycles. The lowest BCUT2D eigenvalue weighted by atomic mass is 9.71. The number of para-hydroxylation sites is 1. The van der Waals surface area contributed by atoms with E-state index in [1.54, 1.807) is 12.1 Å². The molecule has 0 spiro atoms. The zero-order valence-corrected chi connectivity index (χ0v) is 13.2. The minimum Gasteiger partial charge on any atom is -0.360 e. The van der Waals surface area contributed by atoms with Gasteiger partial charge in [-0.05, 0) is 30.5 Å². The molecule has 5 nitrogen and oxygen atoms in total. The summed E-state index contributed by atoms with van der Waals surface area (Å²) in [6.07, 6.45) is 2.52. The number of nitro groups is 1.